The number of likely N-dealkylation sites (tertiary alicyclic amines) is 1. The largest absolute Gasteiger partial charge is 0.450 e. The topological polar surface area (TPSA) is 92.0 Å². The van der Waals surface area contributed by atoms with Crippen LogP contribution >= 0.6 is 0 Å². The summed E-state index contributed by atoms with van der Waals surface area (Å²) in [5.41, 5.74) is -0.0649. The lowest BCUT2D eigenvalue weighted by molar-refractivity contribution is 0.0963. The summed E-state index contributed by atoms with van der Waals surface area (Å²) in [7, 11) is 0. The molecule has 8 nitrogen and oxygen atoms in total. The van der Waals surface area contributed by atoms with Gasteiger partial charge in [0.1, 0.15) is 12.3 Å². The summed E-state index contributed by atoms with van der Waals surface area (Å²) < 4.78 is 10.9. The highest BCUT2D eigenvalue weighted by atomic mass is 16.6. The van der Waals surface area contributed by atoms with Gasteiger partial charge in [0.15, 0.2) is 5.96 Å². The molecule has 1 fully saturated rings. The van der Waals surface area contributed by atoms with Crippen molar-refractivity contribution in [2.75, 3.05) is 26.2 Å². The van der Waals surface area contributed by atoms with E-state index in [2.05, 4.69) is 41.4 Å². The summed E-state index contributed by atoms with van der Waals surface area (Å²) in [5, 5.41) is 6.70. The Labute approximate surface area is 161 Å². The molecule has 1 amide bonds. The summed E-state index contributed by atoms with van der Waals surface area (Å²) in [6.45, 7) is 13.1. The lowest BCUT2D eigenvalue weighted by Crippen LogP contribution is -2.49. The van der Waals surface area contributed by atoms with Crippen LogP contribution in [0.2, 0.25) is 0 Å². The average molecular weight is 380 g/mol. The number of rotatable bonds is 5. The van der Waals surface area contributed by atoms with E-state index in [1.165, 1.54) is 0 Å². The summed E-state index contributed by atoms with van der Waals surface area (Å²) in [6.07, 6.45) is 3.26. The van der Waals surface area contributed by atoms with E-state index >= 15 is 0 Å². The van der Waals surface area contributed by atoms with Gasteiger partial charge >= 0.3 is 6.09 Å². The number of hydrogen-bond donors (Lipinski definition) is 2. The molecule has 0 bridgehead atoms. The maximum atomic E-state index is 11.8. The second kappa shape index (κ2) is 9.62. The fourth-order valence-electron chi connectivity index (χ4n) is 2.81. The van der Waals surface area contributed by atoms with E-state index in [1.807, 2.05) is 13.8 Å². The van der Waals surface area contributed by atoms with Crippen molar-refractivity contribution in [2.24, 2.45) is 4.99 Å². The van der Waals surface area contributed by atoms with Gasteiger partial charge in [-0.1, -0.05) is 20.8 Å². The molecule has 8 heteroatoms. The molecule has 0 spiro atoms. The number of carbonyl (C=O) groups is 1. The molecule has 2 N–H and O–H groups in total. The Kier molecular flexibility index (Phi) is 7.50. The molecule has 27 heavy (non-hydrogen) atoms. The molecule has 0 saturated carbocycles. The maximum absolute atomic E-state index is 11.8. The van der Waals surface area contributed by atoms with E-state index in [-0.39, 0.29) is 17.6 Å². The highest BCUT2D eigenvalue weighted by Gasteiger charge is 2.24. The highest BCUT2D eigenvalue weighted by molar-refractivity contribution is 5.80. The number of hydrogen-bond acceptors (Lipinski definition) is 5. The first-order valence-electron chi connectivity index (χ1n) is 9.75. The first-order chi connectivity index (χ1) is 12.8. The third-order valence-electron chi connectivity index (χ3n) is 4.37. The molecule has 1 aromatic heterocycles. The van der Waals surface area contributed by atoms with Gasteiger partial charge in [-0.15, -0.1) is 0 Å². The van der Waals surface area contributed by atoms with Crippen molar-refractivity contribution in [3.05, 3.63) is 17.8 Å². The van der Waals surface area contributed by atoms with E-state index in [0.717, 1.165) is 31.1 Å². The fourth-order valence-corrected chi connectivity index (χ4v) is 2.81. The standard InChI is InChI=1S/C19H33N5O3/c1-6-20-17(22-13-16-21-12-15(27-16)19(3,4)5)23-14-8-10-24(11-9-14)18(25)26-7-2/h12,14H,6-11,13H2,1-5H3,(H2,20,22,23). The Bertz CT molecular complexity index is 628. The van der Waals surface area contributed by atoms with Crippen LogP contribution in [0.1, 0.15) is 59.1 Å². The maximum Gasteiger partial charge on any atom is 0.409 e. The van der Waals surface area contributed by atoms with Crippen LogP contribution in [0.5, 0.6) is 0 Å². The van der Waals surface area contributed by atoms with Crippen molar-refractivity contribution in [3.8, 4) is 0 Å². The van der Waals surface area contributed by atoms with Gasteiger partial charge < -0.3 is 24.7 Å². The summed E-state index contributed by atoms with van der Waals surface area (Å²) in [6, 6.07) is 0.267. The van der Waals surface area contributed by atoms with Crippen molar-refractivity contribution < 1.29 is 13.9 Å². The summed E-state index contributed by atoms with van der Waals surface area (Å²) >= 11 is 0. The van der Waals surface area contributed by atoms with E-state index in [4.69, 9.17) is 9.15 Å². The molecule has 0 aromatic carbocycles. The molecular weight excluding hydrogens is 346 g/mol. The van der Waals surface area contributed by atoms with Crippen molar-refractivity contribution in [1.29, 1.82) is 0 Å². The molecule has 0 radical (unpaired) electrons. The minimum Gasteiger partial charge on any atom is -0.450 e. The molecule has 0 aliphatic carbocycles. The number of nitrogens with zero attached hydrogens (tertiary/aromatic N) is 3. The first kappa shape index (κ1) is 21.1. The van der Waals surface area contributed by atoms with Gasteiger partial charge in [0.05, 0.1) is 12.8 Å². The van der Waals surface area contributed by atoms with Crippen LogP contribution in [-0.2, 0) is 16.7 Å². The minimum absolute atomic E-state index is 0.0649. The average Bonchev–Trinajstić information content (AvgIpc) is 3.10. The smallest absolute Gasteiger partial charge is 0.409 e. The predicted molar refractivity (Wildman–Crippen MR) is 105 cm³/mol. The molecule has 2 rings (SSSR count). The number of carbonyl (C=O) groups excluding carboxylic acids is 1. The van der Waals surface area contributed by atoms with E-state index < -0.39 is 0 Å². The zero-order valence-electron chi connectivity index (χ0n) is 17.2. The van der Waals surface area contributed by atoms with Gasteiger partial charge in [-0.2, -0.15) is 0 Å². The monoisotopic (exact) mass is 379 g/mol. The number of amides is 1. The zero-order valence-corrected chi connectivity index (χ0v) is 17.2. The molecule has 1 aliphatic rings. The van der Waals surface area contributed by atoms with Gasteiger partial charge in [-0.3, -0.25) is 0 Å². The van der Waals surface area contributed by atoms with Crippen LogP contribution < -0.4 is 10.6 Å². The number of oxazole rings is 1. The van der Waals surface area contributed by atoms with Crippen molar-refractivity contribution in [3.63, 3.8) is 0 Å². The number of aromatic nitrogens is 1. The van der Waals surface area contributed by atoms with Crippen molar-refractivity contribution in [2.45, 2.75) is 65.5 Å². The normalized spacial score (nSPS) is 16.3. The lowest BCUT2D eigenvalue weighted by atomic mass is 9.94. The second-order valence-electron chi connectivity index (χ2n) is 7.67. The second-order valence-corrected chi connectivity index (χ2v) is 7.67. The number of guanidine groups is 1. The lowest BCUT2D eigenvalue weighted by Gasteiger charge is -2.32. The Morgan fingerprint density at radius 1 is 1.37 bits per heavy atom. The third kappa shape index (κ3) is 6.45. The number of ether oxygens (including phenoxy) is 1. The Hall–Kier alpha value is -2.25. The Morgan fingerprint density at radius 3 is 2.63 bits per heavy atom. The van der Waals surface area contributed by atoms with E-state index in [9.17, 15) is 4.79 Å². The molecule has 1 aliphatic heterocycles. The molecule has 0 unspecified atom stereocenters. The van der Waals surface area contributed by atoms with Gasteiger partial charge in [-0.05, 0) is 26.7 Å². The van der Waals surface area contributed by atoms with E-state index in [1.54, 1.807) is 11.1 Å². The van der Waals surface area contributed by atoms with Crippen LogP contribution in [0.15, 0.2) is 15.6 Å². The molecule has 0 atom stereocenters. The van der Waals surface area contributed by atoms with Gasteiger partial charge in [0, 0.05) is 31.1 Å². The summed E-state index contributed by atoms with van der Waals surface area (Å²) in [5.74, 6) is 2.20. The van der Waals surface area contributed by atoms with Crippen LogP contribution in [-0.4, -0.2) is 54.2 Å². The highest BCUT2D eigenvalue weighted by Crippen LogP contribution is 2.22. The molecule has 2 heterocycles. The molecular formula is C19H33N5O3. The number of aliphatic imine (C=N–C) groups is 1. The molecule has 1 aromatic rings. The number of piperidine rings is 1. The van der Waals surface area contributed by atoms with Crippen LogP contribution in [0, 0.1) is 0 Å². The first-order valence-corrected chi connectivity index (χ1v) is 9.75. The SMILES string of the molecule is CCNC(=NCc1ncc(C(C)(C)C)o1)NC1CCN(C(=O)OCC)CC1. The van der Waals surface area contributed by atoms with E-state index in [0.29, 0.717) is 32.1 Å². The Balaban J connectivity index is 1.89. The molecule has 1 saturated heterocycles. The van der Waals surface area contributed by atoms with Gasteiger partial charge in [0.25, 0.3) is 0 Å². The predicted octanol–water partition coefficient (Wildman–Crippen LogP) is 2.65. The van der Waals surface area contributed by atoms with Crippen molar-refractivity contribution >= 4 is 12.1 Å². The van der Waals surface area contributed by atoms with Crippen LogP contribution in [0.3, 0.4) is 0 Å². The van der Waals surface area contributed by atoms with Gasteiger partial charge in [0.2, 0.25) is 5.89 Å². The van der Waals surface area contributed by atoms with Crippen LogP contribution in [0.4, 0.5) is 4.79 Å². The van der Waals surface area contributed by atoms with Crippen LogP contribution in [0.25, 0.3) is 0 Å². The van der Waals surface area contributed by atoms with Crippen molar-refractivity contribution in [1.82, 2.24) is 20.5 Å². The molecule has 152 valence electrons. The van der Waals surface area contributed by atoms with Gasteiger partial charge in [-0.25, -0.2) is 14.8 Å². The number of nitrogens with one attached hydrogen (secondary N) is 2. The minimum atomic E-state index is -0.227. The third-order valence-corrected chi connectivity index (χ3v) is 4.37. The zero-order chi connectivity index (χ0) is 19.9. The summed E-state index contributed by atoms with van der Waals surface area (Å²) in [4.78, 5) is 22.5. The Morgan fingerprint density at radius 2 is 2.07 bits per heavy atom. The fraction of sp³-hybridized carbons (Fsp3) is 0.737. The quantitative estimate of drug-likeness (QED) is 0.604.